The molecule has 0 unspecified atom stereocenters. The molecule has 0 N–H and O–H groups in total. The summed E-state index contributed by atoms with van der Waals surface area (Å²) in [6.45, 7) is 2.63. The summed E-state index contributed by atoms with van der Waals surface area (Å²) in [6.07, 6.45) is 9.05. The Kier molecular flexibility index (Phi) is 4.04. The highest BCUT2D eigenvalue weighted by Gasteiger charge is 2.12. The molecule has 1 aromatic carbocycles. The van der Waals surface area contributed by atoms with Crippen molar-refractivity contribution in [3.05, 3.63) is 66.8 Å². The molecular formula is C18H16N6O. The Morgan fingerprint density at radius 2 is 1.88 bits per heavy atom. The van der Waals surface area contributed by atoms with Crippen LogP contribution in [0.25, 0.3) is 16.9 Å². The molecule has 3 heterocycles. The van der Waals surface area contributed by atoms with Crippen LogP contribution in [0.1, 0.15) is 18.3 Å². The standard InChI is InChI=1S/C18H16N6O/c1-2-25-15-5-3-13(4-6-15)9-16-22-18-17(14-10-19-12-20-11-14)21-7-8-24(18)23-16/h3-8,10-12H,2,9H2,1H3. The van der Waals surface area contributed by atoms with Gasteiger partial charge in [0.1, 0.15) is 17.8 Å². The molecule has 0 spiro atoms. The van der Waals surface area contributed by atoms with E-state index in [1.54, 1.807) is 29.3 Å². The minimum Gasteiger partial charge on any atom is -0.494 e. The Morgan fingerprint density at radius 1 is 1.08 bits per heavy atom. The summed E-state index contributed by atoms with van der Waals surface area (Å²) in [4.78, 5) is 17.1. The minimum absolute atomic E-state index is 0.638. The molecule has 4 aromatic rings. The lowest BCUT2D eigenvalue weighted by molar-refractivity contribution is 0.340. The first kappa shape index (κ1) is 15.2. The van der Waals surface area contributed by atoms with E-state index in [0.717, 1.165) is 22.7 Å². The van der Waals surface area contributed by atoms with Crippen LogP contribution in [0.5, 0.6) is 5.75 Å². The van der Waals surface area contributed by atoms with E-state index in [0.29, 0.717) is 24.4 Å². The zero-order chi connectivity index (χ0) is 17.1. The van der Waals surface area contributed by atoms with Gasteiger partial charge in [0.05, 0.1) is 6.61 Å². The first-order valence-corrected chi connectivity index (χ1v) is 8.01. The minimum atomic E-state index is 0.638. The fourth-order valence-electron chi connectivity index (χ4n) is 2.61. The molecule has 0 bridgehead atoms. The molecule has 0 atom stereocenters. The van der Waals surface area contributed by atoms with E-state index in [4.69, 9.17) is 4.74 Å². The van der Waals surface area contributed by atoms with Gasteiger partial charge in [-0.1, -0.05) is 12.1 Å². The summed E-state index contributed by atoms with van der Waals surface area (Å²) < 4.78 is 7.20. The second kappa shape index (κ2) is 6.64. The maximum atomic E-state index is 5.47. The quantitative estimate of drug-likeness (QED) is 0.559. The van der Waals surface area contributed by atoms with Gasteiger partial charge in [-0.3, -0.25) is 4.98 Å². The molecule has 3 aromatic heterocycles. The monoisotopic (exact) mass is 332 g/mol. The van der Waals surface area contributed by atoms with Gasteiger partial charge in [-0.15, -0.1) is 0 Å². The maximum Gasteiger partial charge on any atom is 0.182 e. The molecule has 0 amide bonds. The average molecular weight is 332 g/mol. The number of hydrogen-bond acceptors (Lipinski definition) is 6. The molecule has 0 saturated heterocycles. The molecule has 7 nitrogen and oxygen atoms in total. The Hall–Kier alpha value is -3.35. The Bertz CT molecular complexity index is 982. The molecule has 4 rings (SSSR count). The van der Waals surface area contributed by atoms with Crippen LogP contribution in [-0.4, -0.2) is 36.2 Å². The number of nitrogens with zero attached hydrogens (tertiary/aromatic N) is 6. The zero-order valence-electron chi connectivity index (χ0n) is 13.7. The van der Waals surface area contributed by atoms with Gasteiger partial charge in [0.25, 0.3) is 0 Å². The van der Waals surface area contributed by atoms with Crippen LogP contribution < -0.4 is 4.74 Å². The highest BCUT2D eigenvalue weighted by Crippen LogP contribution is 2.20. The van der Waals surface area contributed by atoms with E-state index in [2.05, 4.69) is 25.0 Å². The van der Waals surface area contributed by atoms with Crippen molar-refractivity contribution in [1.29, 1.82) is 0 Å². The molecule has 7 heteroatoms. The number of benzene rings is 1. The van der Waals surface area contributed by atoms with E-state index in [1.807, 2.05) is 31.2 Å². The first-order valence-electron chi connectivity index (χ1n) is 8.01. The van der Waals surface area contributed by atoms with E-state index in [-0.39, 0.29) is 0 Å². The summed E-state index contributed by atoms with van der Waals surface area (Å²) in [7, 11) is 0. The zero-order valence-corrected chi connectivity index (χ0v) is 13.7. The Morgan fingerprint density at radius 3 is 2.64 bits per heavy atom. The predicted molar refractivity (Wildman–Crippen MR) is 92.2 cm³/mol. The van der Waals surface area contributed by atoms with Crippen molar-refractivity contribution in [3.8, 4) is 17.0 Å². The number of fused-ring (bicyclic) bond motifs is 1. The van der Waals surface area contributed by atoms with E-state index >= 15 is 0 Å². The normalized spacial score (nSPS) is 10.9. The van der Waals surface area contributed by atoms with Crippen LogP contribution in [-0.2, 0) is 6.42 Å². The van der Waals surface area contributed by atoms with Crippen molar-refractivity contribution >= 4 is 5.65 Å². The van der Waals surface area contributed by atoms with Crippen molar-refractivity contribution in [3.63, 3.8) is 0 Å². The summed E-state index contributed by atoms with van der Waals surface area (Å²) in [5.74, 6) is 1.60. The van der Waals surface area contributed by atoms with Crippen LogP contribution in [0.15, 0.2) is 55.4 Å². The Labute approximate surface area is 144 Å². The fourth-order valence-corrected chi connectivity index (χ4v) is 2.61. The SMILES string of the molecule is CCOc1ccc(Cc2nc3c(-c4cncnc4)nccn3n2)cc1. The molecule has 124 valence electrons. The summed E-state index contributed by atoms with van der Waals surface area (Å²) in [6, 6.07) is 7.98. The second-order valence-electron chi connectivity index (χ2n) is 5.45. The summed E-state index contributed by atoms with van der Waals surface area (Å²) in [5, 5.41) is 4.55. The lowest BCUT2D eigenvalue weighted by atomic mass is 10.1. The number of rotatable bonds is 5. The lowest BCUT2D eigenvalue weighted by Crippen LogP contribution is -1.94. The van der Waals surface area contributed by atoms with Gasteiger partial charge in [0.15, 0.2) is 11.5 Å². The lowest BCUT2D eigenvalue weighted by Gasteiger charge is -2.03. The van der Waals surface area contributed by atoms with E-state index < -0.39 is 0 Å². The van der Waals surface area contributed by atoms with Gasteiger partial charge in [0.2, 0.25) is 0 Å². The van der Waals surface area contributed by atoms with Crippen LogP contribution in [0.3, 0.4) is 0 Å². The van der Waals surface area contributed by atoms with Gasteiger partial charge in [-0.25, -0.2) is 19.5 Å². The number of ether oxygens (including phenoxy) is 1. The summed E-state index contributed by atoms with van der Waals surface area (Å²) in [5.41, 5.74) is 3.34. The van der Waals surface area contributed by atoms with Gasteiger partial charge in [-0.2, -0.15) is 5.10 Å². The smallest absolute Gasteiger partial charge is 0.182 e. The van der Waals surface area contributed by atoms with Crippen molar-refractivity contribution in [2.24, 2.45) is 0 Å². The van der Waals surface area contributed by atoms with Crippen molar-refractivity contribution < 1.29 is 4.74 Å². The second-order valence-corrected chi connectivity index (χ2v) is 5.45. The van der Waals surface area contributed by atoms with Gasteiger partial charge < -0.3 is 4.74 Å². The molecule has 0 aliphatic carbocycles. The molecule has 25 heavy (non-hydrogen) atoms. The molecule has 0 saturated carbocycles. The fraction of sp³-hybridized carbons (Fsp3) is 0.167. The van der Waals surface area contributed by atoms with E-state index in [9.17, 15) is 0 Å². The average Bonchev–Trinajstić information content (AvgIpc) is 3.06. The topological polar surface area (TPSA) is 78.1 Å². The van der Waals surface area contributed by atoms with Gasteiger partial charge in [-0.05, 0) is 24.6 Å². The maximum absolute atomic E-state index is 5.47. The van der Waals surface area contributed by atoms with Crippen LogP contribution in [0.2, 0.25) is 0 Å². The highest BCUT2D eigenvalue weighted by atomic mass is 16.5. The third-order valence-electron chi connectivity index (χ3n) is 3.73. The molecule has 0 aliphatic rings. The van der Waals surface area contributed by atoms with Crippen LogP contribution in [0, 0.1) is 0 Å². The Balaban J connectivity index is 1.65. The predicted octanol–water partition coefficient (Wildman–Crippen LogP) is 2.57. The van der Waals surface area contributed by atoms with Crippen molar-refractivity contribution in [1.82, 2.24) is 29.5 Å². The van der Waals surface area contributed by atoms with Crippen molar-refractivity contribution in [2.75, 3.05) is 6.61 Å². The number of aromatic nitrogens is 6. The van der Waals surface area contributed by atoms with Crippen LogP contribution in [0.4, 0.5) is 0 Å². The first-order chi connectivity index (χ1) is 12.3. The molecule has 0 fully saturated rings. The van der Waals surface area contributed by atoms with Gasteiger partial charge in [0, 0.05) is 36.8 Å². The van der Waals surface area contributed by atoms with Crippen molar-refractivity contribution in [2.45, 2.75) is 13.3 Å². The largest absolute Gasteiger partial charge is 0.494 e. The number of hydrogen-bond donors (Lipinski definition) is 0. The van der Waals surface area contributed by atoms with Crippen LogP contribution >= 0.6 is 0 Å². The van der Waals surface area contributed by atoms with Gasteiger partial charge >= 0.3 is 0 Å². The highest BCUT2D eigenvalue weighted by molar-refractivity contribution is 5.71. The molecule has 0 radical (unpaired) electrons. The summed E-state index contributed by atoms with van der Waals surface area (Å²) >= 11 is 0. The third-order valence-corrected chi connectivity index (χ3v) is 3.73. The molecular weight excluding hydrogens is 316 g/mol. The van der Waals surface area contributed by atoms with E-state index in [1.165, 1.54) is 6.33 Å². The third kappa shape index (κ3) is 3.16. The molecule has 0 aliphatic heterocycles.